The summed E-state index contributed by atoms with van der Waals surface area (Å²) in [5.41, 5.74) is 0.613. The lowest BCUT2D eigenvalue weighted by Gasteiger charge is -2.33. The van der Waals surface area contributed by atoms with E-state index in [-0.39, 0.29) is 12.4 Å². The van der Waals surface area contributed by atoms with E-state index in [2.05, 4.69) is 16.1 Å². The molecule has 1 N–H and O–H groups in total. The summed E-state index contributed by atoms with van der Waals surface area (Å²) in [6.45, 7) is 5.69. The van der Waals surface area contributed by atoms with Crippen molar-refractivity contribution in [2.24, 2.45) is 5.41 Å². The zero-order valence-electron chi connectivity index (χ0n) is 8.59. The van der Waals surface area contributed by atoms with Gasteiger partial charge in [-0.1, -0.05) is 5.92 Å². The standard InChI is InChI=1S/C11H18N2.ClH/c1-2-8-13-9-5-11(10-13)3-6-12-7-4-11;/h1,12H,3-10H2;1H. The summed E-state index contributed by atoms with van der Waals surface area (Å²) in [5.74, 6) is 2.74. The van der Waals surface area contributed by atoms with Crippen molar-refractivity contribution in [3.63, 3.8) is 0 Å². The highest BCUT2D eigenvalue weighted by atomic mass is 35.5. The highest BCUT2D eigenvalue weighted by Gasteiger charge is 2.38. The topological polar surface area (TPSA) is 15.3 Å². The summed E-state index contributed by atoms with van der Waals surface area (Å²) in [4.78, 5) is 2.42. The Bertz CT molecular complexity index is 216. The van der Waals surface area contributed by atoms with Gasteiger partial charge >= 0.3 is 0 Å². The molecule has 0 amide bonds. The number of nitrogens with zero attached hydrogens (tertiary/aromatic N) is 1. The zero-order valence-corrected chi connectivity index (χ0v) is 9.41. The summed E-state index contributed by atoms with van der Waals surface area (Å²) in [6.07, 6.45) is 9.36. The first kappa shape index (κ1) is 11.8. The third-order valence-electron chi connectivity index (χ3n) is 3.50. The smallest absolute Gasteiger partial charge is 0.0599 e. The molecule has 0 aromatic heterocycles. The molecule has 2 nitrogen and oxygen atoms in total. The molecule has 14 heavy (non-hydrogen) atoms. The Balaban J connectivity index is 0.000000980. The predicted octanol–water partition coefficient (Wildman–Crippen LogP) is 1.12. The van der Waals surface area contributed by atoms with Gasteiger partial charge in [-0.15, -0.1) is 18.8 Å². The molecular weight excluding hydrogens is 196 g/mol. The molecular formula is C11H19ClN2. The van der Waals surface area contributed by atoms with Crippen LogP contribution in [0.5, 0.6) is 0 Å². The SMILES string of the molecule is C#CCN1CCC2(CCNCC2)C1.Cl. The minimum Gasteiger partial charge on any atom is -0.317 e. The molecule has 2 saturated heterocycles. The number of halogens is 1. The fraction of sp³-hybridized carbons (Fsp3) is 0.818. The van der Waals surface area contributed by atoms with Crippen LogP contribution in [0.25, 0.3) is 0 Å². The molecule has 0 unspecified atom stereocenters. The Morgan fingerprint density at radius 3 is 2.64 bits per heavy atom. The van der Waals surface area contributed by atoms with Crippen LogP contribution in [0.3, 0.4) is 0 Å². The molecule has 2 rings (SSSR count). The summed E-state index contributed by atoms with van der Waals surface area (Å²) >= 11 is 0. The average Bonchev–Trinajstić information content (AvgIpc) is 2.51. The maximum absolute atomic E-state index is 5.32. The molecule has 0 aromatic carbocycles. The van der Waals surface area contributed by atoms with Gasteiger partial charge in [0.15, 0.2) is 0 Å². The molecule has 2 heterocycles. The van der Waals surface area contributed by atoms with E-state index in [0.29, 0.717) is 5.41 Å². The Morgan fingerprint density at radius 2 is 2.00 bits per heavy atom. The van der Waals surface area contributed by atoms with Gasteiger partial charge in [0.2, 0.25) is 0 Å². The van der Waals surface area contributed by atoms with Gasteiger partial charge in [0, 0.05) is 6.54 Å². The van der Waals surface area contributed by atoms with Crippen LogP contribution in [0.4, 0.5) is 0 Å². The van der Waals surface area contributed by atoms with Crippen molar-refractivity contribution in [1.29, 1.82) is 0 Å². The lowest BCUT2D eigenvalue weighted by atomic mass is 9.78. The number of terminal acetylenes is 1. The summed E-state index contributed by atoms with van der Waals surface area (Å²) in [5, 5.41) is 3.42. The van der Waals surface area contributed by atoms with Crippen LogP contribution >= 0.6 is 12.4 Å². The Labute approximate surface area is 92.8 Å². The molecule has 0 atom stereocenters. The summed E-state index contributed by atoms with van der Waals surface area (Å²) in [7, 11) is 0. The van der Waals surface area contributed by atoms with Gasteiger partial charge < -0.3 is 5.32 Å². The second-order valence-electron chi connectivity index (χ2n) is 4.41. The van der Waals surface area contributed by atoms with E-state index in [1.54, 1.807) is 0 Å². The minimum absolute atomic E-state index is 0. The van der Waals surface area contributed by atoms with Gasteiger partial charge in [0.05, 0.1) is 6.54 Å². The Morgan fingerprint density at radius 1 is 1.29 bits per heavy atom. The van der Waals surface area contributed by atoms with Crippen molar-refractivity contribution in [1.82, 2.24) is 10.2 Å². The zero-order chi connectivity index (χ0) is 9.15. The van der Waals surface area contributed by atoms with Crippen molar-refractivity contribution in [2.45, 2.75) is 19.3 Å². The molecule has 0 bridgehead atoms. The molecule has 0 radical (unpaired) electrons. The van der Waals surface area contributed by atoms with Gasteiger partial charge in [0.1, 0.15) is 0 Å². The quantitative estimate of drug-likeness (QED) is 0.659. The van der Waals surface area contributed by atoms with Gasteiger partial charge in [-0.3, -0.25) is 4.90 Å². The van der Waals surface area contributed by atoms with E-state index in [0.717, 1.165) is 6.54 Å². The van der Waals surface area contributed by atoms with Gasteiger partial charge in [0.25, 0.3) is 0 Å². The van der Waals surface area contributed by atoms with Crippen molar-refractivity contribution in [3.8, 4) is 12.3 Å². The number of piperidine rings is 1. The second kappa shape index (κ2) is 5.02. The molecule has 2 aliphatic rings. The number of nitrogens with one attached hydrogen (secondary N) is 1. The van der Waals surface area contributed by atoms with Crippen LogP contribution in [-0.2, 0) is 0 Å². The first-order valence-corrected chi connectivity index (χ1v) is 5.21. The summed E-state index contributed by atoms with van der Waals surface area (Å²) in [6, 6.07) is 0. The maximum Gasteiger partial charge on any atom is 0.0599 e. The lowest BCUT2D eigenvalue weighted by molar-refractivity contribution is 0.203. The first-order chi connectivity index (χ1) is 6.35. The summed E-state index contributed by atoms with van der Waals surface area (Å²) < 4.78 is 0. The van der Waals surface area contributed by atoms with Crippen LogP contribution < -0.4 is 5.32 Å². The van der Waals surface area contributed by atoms with E-state index >= 15 is 0 Å². The molecule has 80 valence electrons. The fourth-order valence-electron chi connectivity index (χ4n) is 2.66. The van der Waals surface area contributed by atoms with E-state index in [4.69, 9.17) is 6.42 Å². The average molecular weight is 215 g/mol. The predicted molar refractivity (Wildman–Crippen MR) is 61.7 cm³/mol. The number of likely N-dealkylation sites (tertiary alicyclic amines) is 1. The van der Waals surface area contributed by atoms with E-state index in [1.807, 2.05) is 0 Å². The molecule has 3 heteroatoms. The Hall–Kier alpha value is -0.230. The van der Waals surface area contributed by atoms with Crippen molar-refractivity contribution < 1.29 is 0 Å². The monoisotopic (exact) mass is 214 g/mol. The van der Waals surface area contributed by atoms with E-state index in [9.17, 15) is 0 Å². The largest absolute Gasteiger partial charge is 0.317 e. The van der Waals surface area contributed by atoms with E-state index < -0.39 is 0 Å². The Kier molecular flexibility index (Phi) is 4.25. The van der Waals surface area contributed by atoms with Gasteiger partial charge in [-0.2, -0.15) is 0 Å². The van der Waals surface area contributed by atoms with Crippen LogP contribution in [-0.4, -0.2) is 37.6 Å². The van der Waals surface area contributed by atoms with Crippen molar-refractivity contribution in [2.75, 3.05) is 32.7 Å². The van der Waals surface area contributed by atoms with Crippen molar-refractivity contribution >= 4 is 12.4 Å². The number of hydrogen-bond donors (Lipinski definition) is 1. The number of rotatable bonds is 1. The van der Waals surface area contributed by atoms with Crippen molar-refractivity contribution in [3.05, 3.63) is 0 Å². The normalized spacial score (nSPS) is 25.6. The third-order valence-corrected chi connectivity index (χ3v) is 3.50. The molecule has 2 fully saturated rings. The van der Waals surface area contributed by atoms with Crippen LogP contribution in [0.1, 0.15) is 19.3 Å². The van der Waals surface area contributed by atoms with Crippen LogP contribution in [0.15, 0.2) is 0 Å². The van der Waals surface area contributed by atoms with Gasteiger partial charge in [-0.25, -0.2) is 0 Å². The molecule has 2 aliphatic heterocycles. The van der Waals surface area contributed by atoms with Crippen LogP contribution in [0, 0.1) is 17.8 Å². The van der Waals surface area contributed by atoms with E-state index in [1.165, 1.54) is 45.4 Å². The molecule has 0 aromatic rings. The highest BCUT2D eigenvalue weighted by Crippen LogP contribution is 2.38. The second-order valence-corrected chi connectivity index (χ2v) is 4.41. The molecule has 0 aliphatic carbocycles. The molecule has 0 saturated carbocycles. The maximum atomic E-state index is 5.32. The number of hydrogen-bond acceptors (Lipinski definition) is 2. The van der Waals surface area contributed by atoms with Gasteiger partial charge in [-0.05, 0) is 44.3 Å². The lowest BCUT2D eigenvalue weighted by Crippen LogP contribution is -2.38. The first-order valence-electron chi connectivity index (χ1n) is 5.21. The molecule has 1 spiro atoms. The highest BCUT2D eigenvalue weighted by molar-refractivity contribution is 5.85. The third kappa shape index (κ3) is 2.42. The fourth-order valence-corrected chi connectivity index (χ4v) is 2.66. The van der Waals surface area contributed by atoms with Crippen LogP contribution in [0.2, 0.25) is 0 Å². The minimum atomic E-state index is 0.